The molecule has 6 nitrogen and oxygen atoms in total. The number of ether oxygens (including phenoxy) is 1. The van der Waals surface area contributed by atoms with Crippen molar-refractivity contribution in [2.45, 2.75) is 77.7 Å². The Morgan fingerprint density at radius 3 is 2.15 bits per heavy atom. The minimum atomic E-state index is 0.0121. The molecule has 3 N–H and O–H groups in total. The van der Waals surface area contributed by atoms with E-state index in [1.54, 1.807) is 0 Å². The lowest BCUT2D eigenvalue weighted by Crippen LogP contribution is -2.37. The van der Waals surface area contributed by atoms with Gasteiger partial charge >= 0.3 is 0 Å². The molecule has 6 heteroatoms. The molecule has 0 saturated heterocycles. The van der Waals surface area contributed by atoms with E-state index in [0.29, 0.717) is 39.2 Å². The molecule has 0 spiro atoms. The van der Waals surface area contributed by atoms with E-state index in [1.807, 2.05) is 11.8 Å². The standard InChI is InChI=1S/C20H42N2O4/c1-3-5-6-7-8-9-10-11-20(25)21-18-19(4-2)26-17-14-22(12-15-23)13-16-24/h19,23-24H,3-18H2,1-2H3,(H,21,25). The highest BCUT2D eigenvalue weighted by Crippen LogP contribution is 2.08. The van der Waals surface area contributed by atoms with E-state index in [2.05, 4.69) is 12.2 Å². The summed E-state index contributed by atoms with van der Waals surface area (Å²) in [6.07, 6.45) is 9.97. The SMILES string of the molecule is CCCCCCCCCC(=O)NCC(CC)OCCN(CCO)CCO. The maximum Gasteiger partial charge on any atom is 0.220 e. The maximum absolute atomic E-state index is 11.9. The fourth-order valence-corrected chi connectivity index (χ4v) is 2.85. The normalized spacial score (nSPS) is 12.5. The molecule has 0 aromatic heterocycles. The van der Waals surface area contributed by atoms with E-state index in [-0.39, 0.29) is 25.2 Å². The number of unbranched alkanes of at least 4 members (excludes halogenated alkanes) is 6. The molecule has 0 bridgehead atoms. The number of nitrogens with one attached hydrogen (secondary N) is 1. The summed E-state index contributed by atoms with van der Waals surface area (Å²) < 4.78 is 5.83. The summed E-state index contributed by atoms with van der Waals surface area (Å²) in [5.41, 5.74) is 0. The highest BCUT2D eigenvalue weighted by Gasteiger charge is 2.10. The second-order valence-corrected chi connectivity index (χ2v) is 6.87. The van der Waals surface area contributed by atoms with E-state index in [9.17, 15) is 4.79 Å². The van der Waals surface area contributed by atoms with Gasteiger partial charge in [-0.15, -0.1) is 0 Å². The van der Waals surface area contributed by atoms with E-state index >= 15 is 0 Å². The molecule has 1 amide bonds. The first-order valence-electron chi connectivity index (χ1n) is 10.5. The van der Waals surface area contributed by atoms with Crippen LogP contribution in [0.3, 0.4) is 0 Å². The van der Waals surface area contributed by atoms with E-state index in [4.69, 9.17) is 14.9 Å². The van der Waals surface area contributed by atoms with Crippen LogP contribution >= 0.6 is 0 Å². The molecule has 0 fully saturated rings. The molecule has 0 rings (SSSR count). The number of aliphatic hydroxyl groups excluding tert-OH is 2. The summed E-state index contributed by atoms with van der Waals surface area (Å²) in [7, 11) is 0. The van der Waals surface area contributed by atoms with Crippen molar-refractivity contribution in [1.29, 1.82) is 0 Å². The van der Waals surface area contributed by atoms with Gasteiger partial charge in [-0.25, -0.2) is 0 Å². The van der Waals surface area contributed by atoms with Crippen molar-refractivity contribution in [3.63, 3.8) is 0 Å². The van der Waals surface area contributed by atoms with Crippen LogP contribution in [0.1, 0.15) is 71.6 Å². The fourth-order valence-electron chi connectivity index (χ4n) is 2.85. The molecule has 0 aliphatic heterocycles. The first kappa shape index (κ1) is 25.3. The van der Waals surface area contributed by atoms with E-state index < -0.39 is 0 Å². The number of amides is 1. The van der Waals surface area contributed by atoms with Crippen LogP contribution in [0.15, 0.2) is 0 Å². The van der Waals surface area contributed by atoms with Crippen LogP contribution in [-0.4, -0.2) is 73.1 Å². The van der Waals surface area contributed by atoms with Gasteiger partial charge in [-0.05, 0) is 12.8 Å². The fraction of sp³-hybridized carbons (Fsp3) is 0.950. The summed E-state index contributed by atoms with van der Waals surface area (Å²) in [5, 5.41) is 21.0. The molecule has 0 aliphatic carbocycles. The molecule has 0 aromatic rings. The van der Waals surface area contributed by atoms with Gasteiger partial charge in [0, 0.05) is 32.6 Å². The van der Waals surface area contributed by atoms with Gasteiger partial charge < -0.3 is 20.3 Å². The van der Waals surface area contributed by atoms with Crippen LogP contribution in [-0.2, 0) is 9.53 Å². The van der Waals surface area contributed by atoms with Crippen LogP contribution < -0.4 is 5.32 Å². The Labute approximate surface area is 160 Å². The lowest BCUT2D eigenvalue weighted by molar-refractivity contribution is -0.121. The van der Waals surface area contributed by atoms with Crippen molar-refractivity contribution in [2.24, 2.45) is 0 Å². The molecule has 26 heavy (non-hydrogen) atoms. The minimum Gasteiger partial charge on any atom is -0.395 e. The lowest BCUT2D eigenvalue weighted by atomic mass is 10.1. The van der Waals surface area contributed by atoms with Gasteiger partial charge in [0.25, 0.3) is 0 Å². The number of carbonyl (C=O) groups excluding carboxylic acids is 1. The van der Waals surface area contributed by atoms with Crippen molar-refractivity contribution >= 4 is 5.91 Å². The Morgan fingerprint density at radius 1 is 0.962 bits per heavy atom. The highest BCUT2D eigenvalue weighted by molar-refractivity contribution is 5.75. The lowest BCUT2D eigenvalue weighted by Gasteiger charge is -2.22. The molecule has 1 unspecified atom stereocenters. The molecular weight excluding hydrogens is 332 g/mol. The third-order valence-corrected chi connectivity index (χ3v) is 4.58. The summed E-state index contributed by atoms with van der Waals surface area (Å²) in [5.74, 6) is 0.114. The van der Waals surface area contributed by atoms with Gasteiger partial charge in [-0.2, -0.15) is 0 Å². The molecule has 156 valence electrons. The number of rotatable bonds is 19. The Hall–Kier alpha value is -0.690. The third kappa shape index (κ3) is 15.6. The van der Waals surface area contributed by atoms with Crippen LogP contribution in [0.5, 0.6) is 0 Å². The van der Waals surface area contributed by atoms with Gasteiger partial charge in [0.15, 0.2) is 0 Å². The molecule has 1 atom stereocenters. The quantitative estimate of drug-likeness (QED) is 0.302. The average molecular weight is 375 g/mol. The second-order valence-electron chi connectivity index (χ2n) is 6.87. The number of carbonyl (C=O) groups is 1. The van der Waals surface area contributed by atoms with Gasteiger partial charge in [0.2, 0.25) is 5.91 Å². The highest BCUT2D eigenvalue weighted by atomic mass is 16.5. The van der Waals surface area contributed by atoms with Crippen LogP contribution in [0.2, 0.25) is 0 Å². The van der Waals surface area contributed by atoms with Crippen molar-refractivity contribution in [2.75, 3.05) is 46.0 Å². The smallest absolute Gasteiger partial charge is 0.220 e. The Kier molecular flexibility index (Phi) is 18.6. The predicted octanol–water partition coefficient (Wildman–Crippen LogP) is 2.33. The van der Waals surface area contributed by atoms with Gasteiger partial charge in [0.05, 0.1) is 25.9 Å². The Bertz CT molecular complexity index is 310. The summed E-state index contributed by atoms with van der Waals surface area (Å²) in [6, 6.07) is 0. The predicted molar refractivity (Wildman–Crippen MR) is 106 cm³/mol. The largest absolute Gasteiger partial charge is 0.395 e. The monoisotopic (exact) mass is 374 g/mol. The Balaban J connectivity index is 3.73. The topological polar surface area (TPSA) is 82.0 Å². The summed E-state index contributed by atoms with van der Waals surface area (Å²) >= 11 is 0. The number of aliphatic hydroxyl groups is 2. The molecule has 0 saturated carbocycles. The van der Waals surface area contributed by atoms with Gasteiger partial charge in [0.1, 0.15) is 0 Å². The molecule has 0 heterocycles. The van der Waals surface area contributed by atoms with E-state index in [1.165, 1.54) is 32.1 Å². The van der Waals surface area contributed by atoms with Crippen molar-refractivity contribution in [3.8, 4) is 0 Å². The van der Waals surface area contributed by atoms with Gasteiger partial charge in [-0.1, -0.05) is 52.4 Å². The second kappa shape index (κ2) is 19.1. The zero-order valence-corrected chi connectivity index (χ0v) is 17.0. The third-order valence-electron chi connectivity index (χ3n) is 4.58. The van der Waals surface area contributed by atoms with E-state index in [0.717, 1.165) is 19.3 Å². The van der Waals surface area contributed by atoms with Gasteiger partial charge in [-0.3, -0.25) is 9.69 Å². The minimum absolute atomic E-state index is 0.0121. The van der Waals surface area contributed by atoms with Crippen molar-refractivity contribution in [3.05, 3.63) is 0 Å². The van der Waals surface area contributed by atoms with Crippen LogP contribution in [0.4, 0.5) is 0 Å². The summed E-state index contributed by atoms with van der Waals surface area (Å²) in [4.78, 5) is 13.9. The van der Waals surface area contributed by atoms with Crippen molar-refractivity contribution < 1.29 is 19.7 Å². The maximum atomic E-state index is 11.9. The van der Waals surface area contributed by atoms with Crippen molar-refractivity contribution in [1.82, 2.24) is 10.2 Å². The number of hydrogen-bond donors (Lipinski definition) is 3. The molecule has 0 radical (unpaired) electrons. The molecule has 0 aromatic carbocycles. The number of hydrogen-bond acceptors (Lipinski definition) is 5. The van der Waals surface area contributed by atoms with Crippen LogP contribution in [0, 0.1) is 0 Å². The average Bonchev–Trinajstić information content (AvgIpc) is 2.64. The zero-order chi connectivity index (χ0) is 19.5. The first-order valence-corrected chi connectivity index (χ1v) is 10.5. The first-order chi connectivity index (χ1) is 12.7. The Morgan fingerprint density at radius 2 is 1.58 bits per heavy atom. The zero-order valence-electron chi connectivity index (χ0n) is 17.0. The molecule has 0 aliphatic rings. The number of nitrogens with zero attached hydrogens (tertiary/aromatic N) is 1. The van der Waals surface area contributed by atoms with Crippen LogP contribution in [0.25, 0.3) is 0 Å². The summed E-state index contributed by atoms with van der Waals surface area (Å²) in [6.45, 7) is 7.25. The molecular formula is C20H42N2O4.